The molecule has 3 unspecified atom stereocenters. The summed E-state index contributed by atoms with van der Waals surface area (Å²) in [7, 11) is 1.91. The summed E-state index contributed by atoms with van der Waals surface area (Å²) in [5, 5.41) is 12.9. The Hall–Kier alpha value is -0.970. The maximum Gasteiger partial charge on any atom is 0.123 e. The van der Waals surface area contributed by atoms with Crippen LogP contribution in [0.3, 0.4) is 0 Å². The zero-order chi connectivity index (χ0) is 14.5. The van der Waals surface area contributed by atoms with E-state index in [1.165, 1.54) is 6.07 Å². The van der Waals surface area contributed by atoms with Gasteiger partial charge in [-0.2, -0.15) is 0 Å². The van der Waals surface area contributed by atoms with Crippen molar-refractivity contribution < 1.29 is 9.50 Å². The third kappa shape index (κ3) is 4.01. The smallest absolute Gasteiger partial charge is 0.123 e. The normalized spacial score (nSPS) is 22.9. The summed E-state index contributed by atoms with van der Waals surface area (Å²) in [5.41, 5.74) is 0.999. The highest BCUT2D eigenvalue weighted by molar-refractivity contribution is 5.20. The molecule has 1 heterocycles. The zero-order valence-electron chi connectivity index (χ0n) is 12.3. The van der Waals surface area contributed by atoms with E-state index in [0.717, 1.165) is 38.0 Å². The van der Waals surface area contributed by atoms with Crippen LogP contribution in [0.4, 0.5) is 4.39 Å². The van der Waals surface area contributed by atoms with Gasteiger partial charge in [-0.3, -0.25) is 0 Å². The van der Waals surface area contributed by atoms with Crippen molar-refractivity contribution in [3.63, 3.8) is 0 Å². The Morgan fingerprint density at radius 3 is 2.90 bits per heavy atom. The van der Waals surface area contributed by atoms with E-state index in [2.05, 4.69) is 10.2 Å². The molecule has 0 radical (unpaired) electrons. The summed E-state index contributed by atoms with van der Waals surface area (Å²) in [5.74, 6) is 0.218. The molecule has 0 aliphatic carbocycles. The quantitative estimate of drug-likeness (QED) is 0.838. The second-order valence-corrected chi connectivity index (χ2v) is 5.77. The molecule has 1 aliphatic rings. The average molecular weight is 280 g/mol. The van der Waals surface area contributed by atoms with E-state index in [4.69, 9.17) is 0 Å². The van der Waals surface area contributed by atoms with Crippen molar-refractivity contribution >= 4 is 0 Å². The number of aliphatic hydroxyl groups excluding tert-OH is 1. The van der Waals surface area contributed by atoms with Gasteiger partial charge in [-0.15, -0.1) is 0 Å². The van der Waals surface area contributed by atoms with Gasteiger partial charge in [0.2, 0.25) is 0 Å². The van der Waals surface area contributed by atoms with Crippen molar-refractivity contribution in [2.75, 3.05) is 26.7 Å². The summed E-state index contributed by atoms with van der Waals surface area (Å²) >= 11 is 0. The summed E-state index contributed by atoms with van der Waals surface area (Å²) in [6, 6.07) is 6.98. The predicted octanol–water partition coefficient (Wildman–Crippen LogP) is 2.18. The summed E-state index contributed by atoms with van der Waals surface area (Å²) < 4.78 is 13.3. The van der Waals surface area contributed by atoms with E-state index in [1.807, 2.05) is 20.0 Å². The van der Waals surface area contributed by atoms with Crippen LogP contribution < -0.4 is 5.32 Å². The molecule has 1 aromatic carbocycles. The second kappa shape index (κ2) is 7.16. The molecule has 0 saturated carbocycles. The molecule has 1 fully saturated rings. The van der Waals surface area contributed by atoms with Crippen LogP contribution >= 0.6 is 0 Å². The number of rotatable bonds is 6. The fraction of sp³-hybridized carbons (Fsp3) is 0.625. The van der Waals surface area contributed by atoms with Crippen LogP contribution in [0, 0.1) is 11.7 Å². The molecule has 20 heavy (non-hydrogen) atoms. The van der Waals surface area contributed by atoms with E-state index in [9.17, 15) is 9.50 Å². The monoisotopic (exact) mass is 280 g/mol. The topological polar surface area (TPSA) is 35.5 Å². The highest BCUT2D eigenvalue weighted by Gasteiger charge is 2.26. The molecule has 112 valence electrons. The third-order valence-corrected chi connectivity index (χ3v) is 4.32. The van der Waals surface area contributed by atoms with Crippen molar-refractivity contribution in [2.45, 2.75) is 31.9 Å². The van der Waals surface area contributed by atoms with E-state index in [-0.39, 0.29) is 18.0 Å². The van der Waals surface area contributed by atoms with E-state index >= 15 is 0 Å². The second-order valence-electron chi connectivity index (χ2n) is 5.77. The number of hydrogen-bond acceptors (Lipinski definition) is 3. The van der Waals surface area contributed by atoms with Crippen LogP contribution in [0.5, 0.6) is 0 Å². The summed E-state index contributed by atoms with van der Waals surface area (Å²) in [6.45, 7) is 4.87. The van der Waals surface area contributed by atoms with Crippen LogP contribution in [-0.4, -0.2) is 42.8 Å². The lowest BCUT2D eigenvalue weighted by molar-refractivity contribution is 0.127. The van der Waals surface area contributed by atoms with Crippen molar-refractivity contribution in [3.8, 4) is 0 Å². The van der Waals surface area contributed by atoms with Gasteiger partial charge in [0.05, 0.1) is 6.10 Å². The van der Waals surface area contributed by atoms with Gasteiger partial charge in [0.15, 0.2) is 0 Å². The zero-order valence-corrected chi connectivity index (χ0v) is 12.3. The van der Waals surface area contributed by atoms with Crippen LogP contribution in [0.25, 0.3) is 0 Å². The van der Waals surface area contributed by atoms with E-state index in [0.29, 0.717) is 5.92 Å². The van der Waals surface area contributed by atoms with Crippen LogP contribution in [0.1, 0.15) is 31.4 Å². The van der Waals surface area contributed by atoms with Crippen LogP contribution in [0.2, 0.25) is 0 Å². The Labute approximate surface area is 120 Å². The molecular formula is C16H25FN2O. The lowest BCUT2D eigenvalue weighted by atomic mass is 10.0. The number of benzene rings is 1. The molecule has 4 heteroatoms. The van der Waals surface area contributed by atoms with Gasteiger partial charge < -0.3 is 15.3 Å². The SMILES string of the molecule is CNC(CCN1CCC(C(C)O)C1)c1cccc(F)c1. The summed E-state index contributed by atoms with van der Waals surface area (Å²) in [6.07, 6.45) is 1.80. The molecule has 1 saturated heterocycles. The number of hydrogen-bond donors (Lipinski definition) is 2. The molecule has 0 bridgehead atoms. The van der Waals surface area contributed by atoms with Crippen molar-refractivity contribution in [1.82, 2.24) is 10.2 Å². The van der Waals surface area contributed by atoms with E-state index < -0.39 is 0 Å². The van der Waals surface area contributed by atoms with Crippen molar-refractivity contribution in [3.05, 3.63) is 35.6 Å². The van der Waals surface area contributed by atoms with Gasteiger partial charge in [-0.1, -0.05) is 12.1 Å². The van der Waals surface area contributed by atoms with Gasteiger partial charge in [0.25, 0.3) is 0 Å². The first kappa shape index (κ1) is 15.4. The average Bonchev–Trinajstić information content (AvgIpc) is 2.88. The Balaban J connectivity index is 1.86. The molecule has 0 amide bonds. The number of likely N-dealkylation sites (tertiary alicyclic amines) is 1. The molecule has 2 rings (SSSR count). The standard InChI is InChI=1S/C16H25FN2O/c1-12(20)14-6-8-19(11-14)9-7-16(18-2)13-4-3-5-15(17)10-13/h3-5,10,12,14,16,18,20H,6-9,11H2,1-2H3. The van der Waals surface area contributed by atoms with Crippen LogP contribution in [-0.2, 0) is 0 Å². The lowest BCUT2D eigenvalue weighted by Gasteiger charge is -2.22. The summed E-state index contributed by atoms with van der Waals surface area (Å²) in [4.78, 5) is 2.39. The Morgan fingerprint density at radius 2 is 2.30 bits per heavy atom. The van der Waals surface area contributed by atoms with Gasteiger partial charge in [-0.25, -0.2) is 4.39 Å². The van der Waals surface area contributed by atoms with E-state index in [1.54, 1.807) is 12.1 Å². The van der Waals surface area contributed by atoms with Crippen molar-refractivity contribution in [1.29, 1.82) is 0 Å². The lowest BCUT2D eigenvalue weighted by Crippen LogP contribution is -2.28. The molecule has 3 nitrogen and oxygen atoms in total. The minimum absolute atomic E-state index is 0.177. The minimum Gasteiger partial charge on any atom is -0.393 e. The van der Waals surface area contributed by atoms with Crippen molar-refractivity contribution in [2.24, 2.45) is 5.92 Å². The number of nitrogens with one attached hydrogen (secondary N) is 1. The first-order chi connectivity index (χ1) is 9.60. The van der Waals surface area contributed by atoms with Gasteiger partial charge in [-0.05, 0) is 63.5 Å². The molecule has 1 aliphatic heterocycles. The molecule has 3 atom stereocenters. The maximum absolute atomic E-state index is 13.3. The Morgan fingerprint density at radius 1 is 1.50 bits per heavy atom. The maximum atomic E-state index is 13.3. The first-order valence-corrected chi connectivity index (χ1v) is 7.43. The molecule has 0 spiro atoms. The molecule has 1 aromatic rings. The van der Waals surface area contributed by atoms with Crippen LogP contribution in [0.15, 0.2) is 24.3 Å². The third-order valence-electron chi connectivity index (χ3n) is 4.32. The molecule has 2 N–H and O–H groups in total. The number of halogens is 1. The van der Waals surface area contributed by atoms with Gasteiger partial charge in [0.1, 0.15) is 5.82 Å². The molecular weight excluding hydrogens is 255 g/mol. The van der Waals surface area contributed by atoms with Gasteiger partial charge >= 0.3 is 0 Å². The first-order valence-electron chi connectivity index (χ1n) is 7.43. The Bertz CT molecular complexity index is 425. The fourth-order valence-corrected chi connectivity index (χ4v) is 2.97. The fourth-order valence-electron chi connectivity index (χ4n) is 2.97. The number of nitrogens with zero attached hydrogens (tertiary/aromatic N) is 1. The highest BCUT2D eigenvalue weighted by Crippen LogP contribution is 2.22. The predicted molar refractivity (Wildman–Crippen MR) is 79.0 cm³/mol. The molecule has 0 aromatic heterocycles. The minimum atomic E-state index is -0.219. The van der Waals surface area contributed by atoms with Gasteiger partial charge in [0, 0.05) is 12.6 Å². The Kier molecular flexibility index (Phi) is 5.52. The highest BCUT2D eigenvalue weighted by atomic mass is 19.1. The number of aliphatic hydroxyl groups is 1. The largest absolute Gasteiger partial charge is 0.393 e.